The summed E-state index contributed by atoms with van der Waals surface area (Å²) in [6, 6.07) is 12.3. The summed E-state index contributed by atoms with van der Waals surface area (Å²) >= 11 is 12.4. The van der Waals surface area contributed by atoms with Gasteiger partial charge in [0.15, 0.2) is 9.84 Å². The van der Waals surface area contributed by atoms with Crippen molar-refractivity contribution in [2.45, 2.75) is 44.1 Å². The van der Waals surface area contributed by atoms with Gasteiger partial charge in [-0.25, -0.2) is 8.42 Å². The number of hydrogen-bond donors (Lipinski definition) is 1. The van der Waals surface area contributed by atoms with Crippen molar-refractivity contribution < 1.29 is 32.6 Å². The van der Waals surface area contributed by atoms with E-state index in [0.29, 0.717) is 27.6 Å². The van der Waals surface area contributed by atoms with Gasteiger partial charge < -0.3 is 19.5 Å². The molecule has 4 atom stereocenters. The van der Waals surface area contributed by atoms with Gasteiger partial charge in [-0.1, -0.05) is 54.4 Å². The van der Waals surface area contributed by atoms with E-state index < -0.39 is 58.4 Å². The zero-order valence-corrected chi connectivity index (χ0v) is 22.3. The Kier molecular flexibility index (Phi) is 9.77. The van der Waals surface area contributed by atoms with Crippen molar-refractivity contribution in [1.29, 1.82) is 0 Å². The van der Waals surface area contributed by atoms with Crippen molar-refractivity contribution in [1.82, 2.24) is 4.90 Å². The molecule has 1 N–H and O–H groups in total. The van der Waals surface area contributed by atoms with Crippen LogP contribution >= 0.6 is 23.2 Å². The molecule has 1 saturated heterocycles. The maximum atomic E-state index is 13.8. The summed E-state index contributed by atoms with van der Waals surface area (Å²) in [7, 11) is -2.46. The Balaban J connectivity index is 2.18. The van der Waals surface area contributed by atoms with E-state index in [0.717, 1.165) is 0 Å². The Bertz CT molecular complexity index is 1170. The molecular formula is C25H29Cl2NO7S. The third kappa shape index (κ3) is 6.77. The molecular weight excluding hydrogens is 529 g/mol. The number of morpholine rings is 1. The second-order valence-electron chi connectivity index (χ2n) is 8.52. The van der Waals surface area contributed by atoms with Crippen LogP contribution in [0.25, 0.3) is 0 Å². The van der Waals surface area contributed by atoms with E-state index in [1.807, 2.05) is 0 Å². The minimum atomic E-state index is -3.68. The second kappa shape index (κ2) is 12.4. The van der Waals surface area contributed by atoms with E-state index in [1.54, 1.807) is 55.5 Å². The van der Waals surface area contributed by atoms with E-state index >= 15 is 0 Å². The quantitative estimate of drug-likeness (QED) is 0.443. The van der Waals surface area contributed by atoms with Gasteiger partial charge in [-0.15, -0.1) is 0 Å². The third-order valence-corrected chi connectivity index (χ3v) is 8.29. The van der Waals surface area contributed by atoms with Crippen LogP contribution in [0.15, 0.2) is 48.5 Å². The standard InChI is InChI=1S/C25H29Cl2NO7S/c1-3-20(15-36(32,33)12-11-29)28-23(16-7-9-18(26)10-8-16)24(17-5-4-6-19(27)13-17)35-21(25(28)31)14-22(30)34-2/h4-10,13,20-21,23-24,29H,3,11-12,14-15H2,1-2H3/t20-,21+,23+,24+/m0/s1. The van der Waals surface area contributed by atoms with Gasteiger partial charge in [0, 0.05) is 16.1 Å². The van der Waals surface area contributed by atoms with Crippen molar-refractivity contribution in [3.8, 4) is 0 Å². The average molecular weight is 558 g/mol. The number of sulfone groups is 1. The molecule has 0 saturated carbocycles. The van der Waals surface area contributed by atoms with Crippen molar-refractivity contribution in [2.24, 2.45) is 0 Å². The molecule has 1 fully saturated rings. The highest BCUT2D eigenvalue weighted by atomic mass is 35.5. The molecule has 2 aromatic rings. The molecule has 0 aliphatic carbocycles. The maximum Gasteiger partial charge on any atom is 0.308 e. The van der Waals surface area contributed by atoms with Crippen LogP contribution < -0.4 is 0 Å². The lowest BCUT2D eigenvalue weighted by atomic mass is 9.89. The average Bonchev–Trinajstić information content (AvgIpc) is 2.84. The lowest BCUT2D eigenvalue weighted by molar-refractivity contribution is -0.183. The summed E-state index contributed by atoms with van der Waals surface area (Å²) < 4.78 is 36.4. The second-order valence-corrected chi connectivity index (χ2v) is 11.6. The number of carbonyl (C=O) groups is 2. The molecule has 0 bridgehead atoms. The van der Waals surface area contributed by atoms with E-state index in [4.69, 9.17) is 32.7 Å². The molecule has 1 aliphatic rings. The SMILES string of the molecule is CC[C@@H](CS(=O)(=O)CCO)N1C(=O)[C@@H](CC(=O)OC)O[C@H](c2cccc(Cl)c2)[C@H]1c1ccc(Cl)cc1. The molecule has 196 valence electrons. The minimum absolute atomic E-state index is 0.313. The van der Waals surface area contributed by atoms with Gasteiger partial charge in [-0.05, 0) is 41.8 Å². The number of carbonyl (C=O) groups excluding carboxylic acids is 2. The largest absolute Gasteiger partial charge is 0.469 e. The van der Waals surface area contributed by atoms with Crippen molar-refractivity contribution in [3.05, 3.63) is 69.7 Å². The van der Waals surface area contributed by atoms with Crippen molar-refractivity contribution >= 4 is 44.9 Å². The molecule has 3 rings (SSSR count). The number of aliphatic hydroxyl groups excluding tert-OH is 1. The van der Waals surface area contributed by atoms with Crippen LogP contribution in [-0.4, -0.2) is 67.7 Å². The molecule has 1 heterocycles. The number of rotatable bonds is 10. The number of hydrogen-bond acceptors (Lipinski definition) is 7. The molecule has 8 nitrogen and oxygen atoms in total. The minimum Gasteiger partial charge on any atom is -0.469 e. The summed E-state index contributed by atoms with van der Waals surface area (Å²) in [5, 5.41) is 10.2. The van der Waals surface area contributed by atoms with Crippen LogP contribution in [0, 0.1) is 0 Å². The number of halogens is 2. The first kappa shape index (κ1) is 28.4. The first-order valence-electron chi connectivity index (χ1n) is 11.5. The van der Waals surface area contributed by atoms with Gasteiger partial charge in [0.25, 0.3) is 5.91 Å². The van der Waals surface area contributed by atoms with E-state index in [-0.39, 0.29) is 12.2 Å². The van der Waals surface area contributed by atoms with E-state index in [2.05, 4.69) is 0 Å². The third-order valence-electron chi connectivity index (χ3n) is 6.11. The lowest BCUT2D eigenvalue weighted by Crippen LogP contribution is -2.56. The van der Waals surface area contributed by atoms with E-state index in [9.17, 15) is 23.1 Å². The topological polar surface area (TPSA) is 110 Å². The first-order valence-corrected chi connectivity index (χ1v) is 14.0. The van der Waals surface area contributed by atoms with Gasteiger partial charge in [0.2, 0.25) is 0 Å². The summed E-state index contributed by atoms with van der Waals surface area (Å²) in [4.78, 5) is 27.5. The lowest BCUT2D eigenvalue weighted by Gasteiger charge is -2.48. The molecule has 0 unspecified atom stereocenters. The molecule has 1 aliphatic heterocycles. The van der Waals surface area contributed by atoms with Crippen molar-refractivity contribution in [3.63, 3.8) is 0 Å². The number of amides is 1. The van der Waals surface area contributed by atoms with Crippen LogP contribution in [0.5, 0.6) is 0 Å². The summed E-state index contributed by atoms with van der Waals surface area (Å²) in [5.41, 5.74) is 1.33. The zero-order valence-electron chi connectivity index (χ0n) is 20.0. The molecule has 0 aromatic heterocycles. The number of ether oxygens (including phenoxy) is 2. The zero-order chi connectivity index (χ0) is 26.5. The summed E-state index contributed by atoms with van der Waals surface area (Å²) in [6.07, 6.45) is -1.99. The molecule has 36 heavy (non-hydrogen) atoms. The molecule has 2 aromatic carbocycles. The fourth-order valence-corrected chi connectivity index (χ4v) is 6.14. The predicted molar refractivity (Wildman–Crippen MR) is 137 cm³/mol. The number of aliphatic hydroxyl groups is 1. The Morgan fingerprint density at radius 3 is 2.42 bits per heavy atom. The monoisotopic (exact) mass is 557 g/mol. The highest BCUT2D eigenvalue weighted by molar-refractivity contribution is 7.91. The molecule has 1 amide bonds. The van der Waals surface area contributed by atoms with Crippen LogP contribution in [0.2, 0.25) is 10.0 Å². The predicted octanol–water partition coefficient (Wildman–Crippen LogP) is 3.75. The van der Waals surface area contributed by atoms with Gasteiger partial charge in [-0.2, -0.15) is 0 Å². The first-order chi connectivity index (χ1) is 17.1. The number of benzene rings is 2. The highest BCUT2D eigenvalue weighted by Gasteiger charge is 2.47. The van der Waals surface area contributed by atoms with Crippen LogP contribution in [-0.2, 0) is 28.9 Å². The summed E-state index contributed by atoms with van der Waals surface area (Å²) in [6.45, 7) is 1.26. The van der Waals surface area contributed by atoms with Gasteiger partial charge in [-0.3, -0.25) is 9.59 Å². The Hall–Kier alpha value is -2.17. The normalized spacial score (nSPS) is 21.3. The smallest absolute Gasteiger partial charge is 0.308 e. The van der Waals surface area contributed by atoms with Crippen LogP contribution in [0.4, 0.5) is 0 Å². The number of methoxy groups -OCH3 is 1. The Morgan fingerprint density at radius 2 is 1.83 bits per heavy atom. The highest BCUT2D eigenvalue weighted by Crippen LogP contribution is 2.44. The fraction of sp³-hybridized carbons (Fsp3) is 0.440. The van der Waals surface area contributed by atoms with Crippen molar-refractivity contribution in [2.75, 3.05) is 25.2 Å². The number of nitrogens with zero attached hydrogens (tertiary/aromatic N) is 1. The van der Waals surface area contributed by atoms with Crippen LogP contribution in [0.3, 0.4) is 0 Å². The fourth-order valence-electron chi connectivity index (χ4n) is 4.39. The number of esters is 1. The van der Waals surface area contributed by atoms with Gasteiger partial charge in [0.05, 0.1) is 37.7 Å². The molecule has 0 radical (unpaired) electrons. The van der Waals surface area contributed by atoms with Gasteiger partial charge in [0.1, 0.15) is 12.2 Å². The van der Waals surface area contributed by atoms with Crippen LogP contribution in [0.1, 0.15) is 43.0 Å². The van der Waals surface area contributed by atoms with Gasteiger partial charge >= 0.3 is 5.97 Å². The molecule has 11 heteroatoms. The maximum absolute atomic E-state index is 13.8. The Labute approximate surface area is 221 Å². The molecule has 0 spiro atoms. The summed E-state index contributed by atoms with van der Waals surface area (Å²) in [5.74, 6) is -1.93. The van der Waals surface area contributed by atoms with E-state index in [1.165, 1.54) is 12.0 Å². The Morgan fingerprint density at radius 1 is 1.14 bits per heavy atom.